The summed E-state index contributed by atoms with van der Waals surface area (Å²) >= 11 is 0. The molecule has 15 heavy (non-hydrogen) atoms. The van der Waals surface area contributed by atoms with Gasteiger partial charge in [0, 0.05) is 18.8 Å². The van der Waals surface area contributed by atoms with Crippen molar-refractivity contribution in [3.63, 3.8) is 0 Å². The van der Waals surface area contributed by atoms with Crippen molar-refractivity contribution in [1.82, 2.24) is 0 Å². The molecule has 2 fully saturated rings. The normalized spacial score (nSPS) is 39.2. The smallest absolute Gasteiger partial charge is 0.0469 e. The van der Waals surface area contributed by atoms with Crippen molar-refractivity contribution in [3.8, 4) is 0 Å². The number of rotatable bonds is 2. The minimum Gasteiger partial charge on any atom is -0.381 e. The molecule has 0 amide bonds. The number of nitrogens with two attached hydrogens (primary N) is 1. The first-order chi connectivity index (χ1) is 7.27. The predicted octanol–water partition coefficient (Wildman–Crippen LogP) is 2.71. The van der Waals surface area contributed by atoms with Gasteiger partial charge in [0.2, 0.25) is 0 Å². The highest BCUT2D eigenvalue weighted by molar-refractivity contribution is 4.99. The van der Waals surface area contributed by atoms with Crippen LogP contribution in [0.1, 0.15) is 51.9 Å². The fraction of sp³-hybridized carbons (Fsp3) is 1.00. The Kier molecular flexibility index (Phi) is 3.68. The maximum atomic E-state index is 6.73. The molecule has 1 heterocycles. The Morgan fingerprint density at radius 2 is 1.93 bits per heavy atom. The summed E-state index contributed by atoms with van der Waals surface area (Å²) in [6.45, 7) is 4.16. The third-order valence-corrected chi connectivity index (χ3v) is 4.65. The Bertz CT molecular complexity index is 201. The van der Waals surface area contributed by atoms with Gasteiger partial charge in [0.25, 0.3) is 0 Å². The zero-order valence-electron chi connectivity index (χ0n) is 10.0. The molecule has 0 radical (unpaired) electrons. The lowest BCUT2D eigenvalue weighted by Gasteiger charge is -2.48. The van der Waals surface area contributed by atoms with Crippen LogP contribution in [-0.2, 0) is 4.74 Å². The van der Waals surface area contributed by atoms with Gasteiger partial charge in [0.1, 0.15) is 0 Å². The molecular formula is C13H25NO. The maximum absolute atomic E-state index is 6.73. The van der Waals surface area contributed by atoms with Crippen LogP contribution in [0.4, 0.5) is 0 Å². The molecular weight excluding hydrogens is 186 g/mol. The summed E-state index contributed by atoms with van der Waals surface area (Å²) in [5.41, 5.74) is 6.87. The maximum Gasteiger partial charge on any atom is 0.0469 e. The molecule has 1 aliphatic heterocycles. The van der Waals surface area contributed by atoms with Gasteiger partial charge in [0.15, 0.2) is 0 Å². The summed E-state index contributed by atoms with van der Waals surface area (Å²) in [5.74, 6) is 1.48. The van der Waals surface area contributed by atoms with Gasteiger partial charge >= 0.3 is 0 Å². The third-order valence-electron chi connectivity index (χ3n) is 4.65. The fourth-order valence-corrected chi connectivity index (χ4v) is 3.65. The molecule has 1 aliphatic carbocycles. The molecule has 2 unspecified atom stereocenters. The lowest BCUT2D eigenvalue weighted by atomic mass is 9.63. The predicted molar refractivity (Wildman–Crippen MR) is 62.7 cm³/mol. The minimum atomic E-state index is 0.136. The van der Waals surface area contributed by atoms with Gasteiger partial charge in [-0.2, -0.15) is 0 Å². The van der Waals surface area contributed by atoms with Crippen LogP contribution in [0.2, 0.25) is 0 Å². The number of hydrogen-bond acceptors (Lipinski definition) is 2. The van der Waals surface area contributed by atoms with Gasteiger partial charge in [-0.3, -0.25) is 0 Å². The Morgan fingerprint density at radius 1 is 1.20 bits per heavy atom. The Balaban J connectivity index is 2.06. The topological polar surface area (TPSA) is 35.2 Å². The largest absolute Gasteiger partial charge is 0.381 e. The van der Waals surface area contributed by atoms with E-state index in [1.165, 1.54) is 44.9 Å². The van der Waals surface area contributed by atoms with Gasteiger partial charge < -0.3 is 10.5 Å². The van der Waals surface area contributed by atoms with Gasteiger partial charge in [-0.1, -0.05) is 26.2 Å². The summed E-state index contributed by atoms with van der Waals surface area (Å²) < 4.78 is 5.45. The van der Waals surface area contributed by atoms with Crippen LogP contribution in [-0.4, -0.2) is 18.8 Å². The molecule has 2 rings (SSSR count). The first-order valence-corrected chi connectivity index (χ1v) is 6.64. The van der Waals surface area contributed by atoms with Gasteiger partial charge in [-0.25, -0.2) is 0 Å². The molecule has 2 atom stereocenters. The van der Waals surface area contributed by atoms with Crippen molar-refractivity contribution in [3.05, 3.63) is 0 Å². The average molecular weight is 211 g/mol. The number of hydrogen-bond donors (Lipinski definition) is 1. The van der Waals surface area contributed by atoms with E-state index in [4.69, 9.17) is 10.5 Å². The van der Waals surface area contributed by atoms with E-state index < -0.39 is 0 Å². The van der Waals surface area contributed by atoms with Crippen molar-refractivity contribution in [2.24, 2.45) is 17.6 Å². The molecule has 2 aliphatic rings. The molecule has 1 saturated carbocycles. The molecule has 0 aromatic carbocycles. The molecule has 0 aromatic heterocycles. The standard InChI is InChI=1S/C13H25NO/c1-2-11-5-3-4-8-13(11,14)12-6-9-15-10-7-12/h11-12H,2-10,14H2,1H3. The molecule has 2 heteroatoms. The molecule has 2 N–H and O–H groups in total. The minimum absolute atomic E-state index is 0.136. The Morgan fingerprint density at radius 3 is 2.60 bits per heavy atom. The second kappa shape index (κ2) is 4.84. The fourth-order valence-electron chi connectivity index (χ4n) is 3.65. The molecule has 0 aromatic rings. The Labute approximate surface area is 93.6 Å². The van der Waals surface area contributed by atoms with Gasteiger partial charge in [-0.15, -0.1) is 0 Å². The van der Waals surface area contributed by atoms with Crippen molar-refractivity contribution >= 4 is 0 Å². The summed E-state index contributed by atoms with van der Waals surface area (Å²) in [7, 11) is 0. The van der Waals surface area contributed by atoms with E-state index in [1.54, 1.807) is 0 Å². The van der Waals surface area contributed by atoms with Gasteiger partial charge in [-0.05, 0) is 37.5 Å². The van der Waals surface area contributed by atoms with Crippen molar-refractivity contribution in [2.75, 3.05) is 13.2 Å². The van der Waals surface area contributed by atoms with Crippen LogP contribution in [0.3, 0.4) is 0 Å². The summed E-state index contributed by atoms with van der Waals surface area (Å²) in [6.07, 6.45) is 8.96. The lowest BCUT2D eigenvalue weighted by molar-refractivity contribution is 0.00725. The van der Waals surface area contributed by atoms with E-state index in [0.717, 1.165) is 25.0 Å². The van der Waals surface area contributed by atoms with E-state index >= 15 is 0 Å². The Hall–Kier alpha value is -0.0800. The average Bonchev–Trinajstić information content (AvgIpc) is 2.31. The highest BCUT2D eigenvalue weighted by Crippen LogP contribution is 2.42. The quantitative estimate of drug-likeness (QED) is 0.762. The van der Waals surface area contributed by atoms with E-state index in [-0.39, 0.29) is 5.54 Å². The molecule has 0 spiro atoms. The second-order valence-corrected chi connectivity index (χ2v) is 5.35. The van der Waals surface area contributed by atoms with Gasteiger partial charge in [0.05, 0.1) is 0 Å². The van der Waals surface area contributed by atoms with Crippen LogP contribution >= 0.6 is 0 Å². The van der Waals surface area contributed by atoms with E-state index in [0.29, 0.717) is 0 Å². The van der Waals surface area contributed by atoms with E-state index in [2.05, 4.69) is 6.92 Å². The van der Waals surface area contributed by atoms with Crippen molar-refractivity contribution < 1.29 is 4.74 Å². The van der Waals surface area contributed by atoms with Crippen LogP contribution in [0, 0.1) is 11.8 Å². The highest BCUT2D eigenvalue weighted by Gasteiger charge is 2.42. The molecule has 0 bridgehead atoms. The third kappa shape index (κ3) is 2.21. The molecule has 88 valence electrons. The first kappa shape index (κ1) is 11.4. The van der Waals surface area contributed by atoms with Crippen LogP contribution in [0.5, 0.6) is 0 Å². The first-order valence-electron chi connectivity index (χ1n) is 6.64. The monoisotopic (exact) mass is 211 g/mol. The highest BCUT2D eigenvalue weighted by atomic mass is 16.5. The SMILES string of the molecule is CCC1CCCCC1(N)C1CCOCC1. The zero-order valence-corrected chi connectivity index (χ0v) is 10.0. The van der Waals surface area contributed by atoms with Crippen molar-refractivity contribution in [2.45, 2.75) is 57.4 Å². The number of ether oxygens (including phenoxy) is 1. The summed E-state index contributed by atoms with van der Waals surface area (Å²) in [4.78, 5) is 0. The zero-order chi connectivity index (χ0) is 10.7. The molecule has 1 saturated heterocycles. The molecule has 2 nitrogen and oxygen atoms in total. The van der Waals surface area contributed by atoms with Crippen LogP contribution < -0.4 is 5.73 Å². The lowest BCUT2D eigenvalue weighted by Crippen LogP contribution is -2.56. The van der Waals surface area contributed by atoms with E-state index in [1.807, 2.05) is 0 Å². The van der Waals surface area contributed by atoms with E-state index in [9.17, 15) is 0 Å². The summed E-state index contributed by atoms with van der Waals surface area (Å²) in [5, 5.41) is 0. The second-order valence-electron chi connectivity index (χ2n) is 5.35. The van der Waals surface area contributed by atoms with Crippen molar-refractivity contribution in [1.29, 1.82) is 0 Å². The van der Waals surface area contributed by atoms with Crippen LogP contribution in [0.25, 0.3) is 0 Å². The van der Waals surface area contributed by atoms with Crippen LogP contribution in [0.15, 0.2) is 0 Å². The summed E-state index contributed by atoms with van der Waals surface area (Å²) in [6, 6.07) is 0.